The van der Waals surface area contributed by atoms with Gasteiger partial charge in [0.1, 0.15) is 12.1 Å². The zero-order valence-electron chi connectivity index (χ0n) is 16.8. The number of amides is 1. The highest BCUT2D eigenvalue weighted by Gasteiger charge is 2.41. The van der Waals surface area contributed by atoms with Crippen LogP contribution in [0.3, 0.4) is 0 Å². The molecule has 0 aliphatic carbocycles. The van der Waals surface area contributed by atoms with Crippen LogP contribution in [0.1, 0.15) is 36.9 Å². The minimum atomic E-state index is 0.243. The number of hydrogen-bond acceptors (Lipinski definition) is 5. The van der Waals surface area contributed by atoms with Crippen LogP contribution in [0, 0.1) is 12.3 Å². The van der Waals surface area contributed by atoms with Crippen molar-refractivity contribution >= 4 is 17.4 Å². The average Bonchev–Trinajstić information content (AvgIpc) is 3.36. The fourth-order valence-corrected chi connectivity index (χ4v) is 4.77. The lowest BCUT2D eigenvalue weighted by Crippen LogP contribution is -2.55. The summed E-state index contributed by atoms with van der Waals surface area (Å²) in [4.78, 5) is 26.1. The number of aryl methyl sites for hydroxylation is 1. The molecule has 7 heteroatoms. The Morgan fingerprint density at radius 2 is 1.97 bits per heavy atom. The largest absolute Gasteiger partial charge is 0.347 e. The standard InChI is InChI=1S/C23H24N6O/c1-2-17-9-12-21(24-13-17)28-19-10-11-20(28)15-27(14-19)23(30)8-4-6-18-5-3-7-22-25-16-26-29(18)22/h1,3,5,7,9,12-13,16,19-20H,4,6,8,10-11,14-15H2. The second kappa shape index (κ2) is 7.79. The molecule has 2 saturated heterocycles. The first-order chi connectivity index (χ1) is 14.7. The van der Waals surface area contributed by atoms with Crippen molar-refractivity contribution in [3.63, 3.8) is 0 Å². The van der Waals surface area contributed by atoms with Crippen LogP contribution in [0.5, 0.6) is 0 Å². The SMILES string of the molecule is C#Cc1ccc(N2C3CCC2CN(C(=O)CCCc2cccc4ncnn24)C3)nc1. The molecular weight excluding hydrogens is 376 g/mol. The molecule has 1 amide bonds. The van der Waals surface area contributed by atoms with Crippen molar-refractivity contribution < 1.29 is 4.79 Å². The van der Waals surface area contributed by atoms with Crippen molar-refractivity contribution in [1.82, 2.24) is 24.5 Å². The molecule has 0 saturated carbocycles. The third kappa shape index (κ3) is 3.39. The number of likely N-dealkylation sites (tertiary alicyclic amines) is 1. The molecule has 5 heterocycles. The number of nitrogens with zero attached hydrogens (tertiary/aromatic N) is 6. The van der Waals surface area contributed by atoms with Gasteiger partial charge in [-0.3, -0.25) is 4.79 Å². The Morgan fingerprint density at radius 1 is 1.13 bits per heavy atom. The van der Waals surface area contributed by atoms with Crippen molar-refractivity contribution in [3.05, 3.63) is 54.1 Å². The summed E-state index contributed by atoms with van der Waals surface area (Å²) >= 11 is 0. The van der Waals surface area contributed by atoms with Crippen LogP contribution in [0.2, 0.25) is 0 Å². The average molecular weight is 400 g/mol. The molecule has 2 unspecified atom stereocenters. The molecule has 0 radical (unpaired) electrons. The van der Waals surface area contributed by atoms with Gasteiger partial charge in [0.05, 0.1) is 0 Å². The molecule has 2 aliphatic heterocycles. The topological polar surface area (TPSA) is 66.6 Å². The molecule has 2 fully saturated rings. The number of pyridine rings is 2. The summed E-state index contributed by atoms with van der Waals surface area (Å²) in [6.45, 7) is 1.54. The first kappa shape index (κ1) is 18.6. The lowest BCUT2D eigenvalue weighted by Gasteiger charge is -2.41. The van der Waals surface area contributed by atoms with Gasteiger partial charge in [-0.2, -0.15) is 5.10 Å². The molecule has 30 heavy (non-hydrogen) atoms. The van der Waals surface area contributed by atoms with Crippen LogP contribution in [-0.2, 0) is 11.2 Å². The van der Waals surface area contributed by atoms with E-state index < -0.39 is 0 Å². The predicted octanol–water partition coefficient (Wildman–Crippen LogP) is 2.31. The Kier molecular flexibility index (Phi) is 4.83. The second-order valence-corrected chi connectivity index (χ2v) is 8.04. The molecule has 152 valence electrons. The van der Waals surface area contributed by atoms with E-state index in [2.05, 4.69) is 25.9 Å². The summed E-state index contributed by atoms with van der Waals surface area (Å²) in [6.07, 6.45) is 13.1. The Bertz CT molecular complexity index is 1080. The Balaban J connectivity index is 1.19. The zero-order valence-corrected chi connectivity index (χ0v) is 16.8. The highest BCUT2D eigenvalue weighted by Crippen LogP contribution is 2.34. The Hall–Kier alpha value is -3.40. The van der Waals surface area contributed by atoms with Gasteiger partial charge >= 0.3 is 0 Å². The smallest absolute Gasteiger partial charge is 0.222 e. The van der Waals surface area contributed by atoms with Crippen LogP contribution in [-0.4, -0.2) is 55.6 Å². The van der Waals surface area contributed by atoms with Gasteiger partial charge in [-0.05, 0) is 49.9 Å². The zero-order chi connectivity index (χ0) is 20.5. The fourth-order valence-electron chi connectivity index (χ4n) is 4.77. The first-order valence-corrected chi connectivity index (χ1v) is 10.5. The van der Waals surface area contributed by atoms with E-state index in [4.69, 9.17) is 6.42 Å². The van der Waals surface area contributed by atoms with E-state index >= 15 is 0 Å². The van der Waals surface area contributed by atoms with Gasteiger partial charge in [-0.15, -0.1) is 6.42 Å². The third-order valence-corrected chi connectivity index (χ3v) is 6.22. The maximum atomic E-state index is 12.9. The number of carbonyl (C=O) groups excluding carboxylic acids is 1. The number of rotatable bonds is 5. The molecule has 0 N–H and O–H groups in total. The predicted molar refractivity (Wildman–Crippen MR) is 114 cm³/mol. The summed E-state index contributed by atoms with van der Waals surface area (Å²) in [7, 11) is 0. The van der Waals surface area contributed by atoms with E-state index in [1.54, 1.807) is 12.5 Å². The summed E-state index contributed by atoms with van der Waals surface area (Å²) < 4.78 is 1.85. The van der Waals surface area contributed by atoms with Crippen molar-refractivity contribution in [3.8, 4) is 12.3 Å². The van der Waals surface area contributed by atoms with Crippen LogP contribution in [0.15, 0.2) is 42.9 Å². The van der Waals surface area contributed by atoms with Gasteiger partial charge in [-0.1, -0.05) is 12.0 Å². The van der Waals surface area contributed by atoms with Crippen LogP contribution < -0.4 is 4.90 Å². The number of aromatic nitrogens is 4. The van der Waals surface area contributed by atoms with E-state index in [0.29, 0.717) is 18.5 Å². The minimum absolute atomic E-state index is 0.243. The van der Waals surface area contributed by atoms with E-state index in [0.717, 1.165) is 61.5 Å². The highest BCUT2D eigenvalue weighted by atomic mass is 16.2. The first-order valence-electron chi connectivity index (χ1n) is 10.5. The van der Waals surface area contributed by atoms with Crippen molar-refractivity contribution in [2.45, 2.75) is 44.2 Å². The van der Waals surface area contributed by atoms with Crippen molar-refractivity contribution in [1.29, 1.82) is 0 Å². The van der Waals surface area contributed by atoms with Gasteiger partial charge in [0.15, 0.2) is 5.65 Å². The molecule has 2 aliphatic rings. The fraction of sp³-hybridized carbons (Fsp3) is 0.391. The van der Waals surface area contributed by atoms with E-state index in [1.165, 1.54) is 0 Å². The minimum Gasteiger partial charge on any atom is -0.347 e. The molecule has 0 aromatic carbocycles. The Morgan fingerprint density at radius 3 is 2.70 bits per heavy atom. The van der Waals surface area contributed by atoms with E-state index in [1.807, 2.05) is 39.7 Å². The molecule has 2 bridgehead atoms. The third-order valence-electron chi connectivity index (χ3n) is 6.22. The summed E-state index contributed by atoms with van der Waals surface area (Å²) in [5, 5.41) is 4.27. The molecule has 7 nitrogen and oxygen atoms in total. The number of hydrogen-bond donors (Lipinski definition) is 0. The van der Waals surface area contributed by atoms with Gasteiger partial charge in [0, 0.05) is 49.0 Å². The highest BCUT2D eigenvalue weighted by molar-refractivity contribution is 5.76. The number of anilines is 1. The summed E-state index contributed by atoms with van der Waals surface area (Å²) in [5.41, 5.74) is 2.72. The number of piperazine rings is 1. The number of carbonyl (C=O) groups is 1. The Labute approximate surface area is 175 Å². The van der Waals surface area contributed by atoms with Gasteiger partial charge in [0.25, 0.3) is 0 Å². The molecule has 0 spiro atoms. The maximum absolute atomic E-state index is 12.9. The van der Waals surface area contributed by atoms with E-state index in [9.17, 15) is 4.79 Å². The second-order valence-electron chi connectivity index (χ2n) is 8.04. The normalized spacial score (nSPS) is 20.5. The molecule has 5 rings (SSSR count). The maximum Gasteiger partial charge on any atom is 0.222 e. The van der Waals surface area contributed by atoms with Crippen molar-refractivity contribution in [2.24, 2.45) is 0 Å². The van der Waals surface area contributed by atoms with E-state index in [-0.39, 0.29) is 5.91 Å². The number of terminal acetylenes is 1. The molecule has 3 aromatic heterocycles. The van der Waals surface area contributed by atoms with Gasteiger partial charge < -0.3 is 9.80 Å². The lowest BCUT2D eigenvalue weighted by molar-refractivity contribution is -0.132. The molecular formula is C23H24N6O. The van der Waals surface area contributed by atoms with Crippen LogP contribution in [0.25, 0.3) is 5.65 Å². The van der Waals surface area contributed by atoms with Gasteiger partial charge in [-0.25, -0.2) is 14.5 Å². The molecule has 3 aromatic rings. The lowest BCUT2D eigenvalue weighted by atomic mass is 10.1. The quantitative estimate of drug-likeness (QED) is 0.615. The number of fused-ring (bicyclic) bond motifs is 3. The summed E-state index contributed by atoms with van der Waals surface area (Å²) in [5.74, 6) is 3.82. The van der Waals surface area contributed by atoms with Crippen molar-refractivity contribution in [2.75, 3.05) is 18.0 Å². The van der Waals surface area contributed by atoms with Gasteiger partial charge in [0.2, 0.25) is 5.91 Å². The van der Waals surface area contributed by atoms with Crippen LogP contribution >= 0.6 is 0 Å². The monoisotopic (exact) mass is 400 g/mol. The van der Waals surface area contributed by atoms with Crippen LogP contribution in [0.4, 0.5) is 5.82 Å². The summed E-state index contributed by atoms with van der Waals surface area (Å²) in [6, 6.07) is 10.6. The molecule has 2 atom stereocenters.